The van der Waals surface area contributed by atoms with Gasteiger partial charge in [0.15, 0.2) is 19.7 Å². The van der Waals surface area contributed by atoms with Gasteiger partial charge in [0.1, 0.15) is 5.75 Å². The summed E-state index contributed by atoms with van der Waals surface area (Å²) in [6, 6.07) is 46.8. The second kappa shape index (κ2) is 60.5. The van der Waals surface area contributed by atoms with Crippen molar-refractivity contribution in [1.29, 1.82) is 0 Å². The van der Waals surface area contributed by atoms with Crippen LogP contribution in [0.2, 0.25) is 0 Å². The van der Waals surface area contributed by atoms with Gasteiger partial charge in [-0.05, 0) is 190 Å². The molecule has 0 atom stereocenters. The molecule has 6 rings (SSSR count). The van der Waals surface area contributed by atoms with E-state index in [9.17, 15) is 31.2 Å². The van der Waals surface area contributed by atoms with Crippen molar-refractivity contribution in [2.75, 3.05) is 58.9 Å². The van der Waals surface area contributed by atoms with Crippen LogP contribution in [-0.2, 0) is 56.6 Å². The maximum Gasteiger partial charge on any atom is 0.336 e. The Bertz CT molecular complexity index is 3830. The first-order valence-electron chi connectivity index (χ1n) is 45.7. The Morgan fingerprint density at radius 2 is 0.552 bits per heavy atom. The van der Waals surface area contributed by atoms with Crippen LogP contribution in [-0.4, -0.2) is 99.2 Å². The number of benzene rings is 5. The Morgan fingerprint density at radius 1 is 0.320 bits per heavy atom. The number of sulfone groups is 2. The molecule has 0 N–H and O–H groups in total. The average Bonchev–Trinajstić information content (AvgIpc) is 0.783. The molecule has 5 aromatic carbocycles. The molecule has 722 valence electrons. The first kappa shape index (κ1) is 129. The van der Waals surface area contributed by atoms with Crippen LogP contribution in [0.1, 0.15) is 346 Å². The first-order valence-corrected chi connectivity index (χ1v) is 49.0. The van der Waals surface area contributed by atoms with Crippen LogP contribution >= 0.6 is 0 Å². The monoisotopic (exact) mass is 1780 g/mol. The number of methoxy groups -OCH3 is 1. The van der Waals surface area contributed by atoms with E-state index < -0.39 is 36.7 Å². The number of hydrogen-bond acceptors (Lipinski definition) is 10. The number of hydrogen-bond donors (Lipinski definition) is 0. The molecule has 13 nitrogen and oxygen atoms in total. The maximum absolute atomic E-state index is 12.4. The van der Waals surface area contributed by atoms with Gasteiger partial charge in [-0.25, -0.2) is 44.9 Å². The Balaban J connectivity index is -0.000000323. The zero-order valence-electron chi connectivity index (χ0n) is 89.6. The second-order valence-electron chi connectivity index (χ2n) is 49.5. The van der Waals surface area contributed by atoms with Crippen LogP contribution in [0, 0.1) is 54.1 Å². The Labute approximate surface area is 773 Å². The molecule has 1 heterocycles. The lowest BCUT2D eigenvalue weighted by Gasteiger charge is -2.21. The van der Waals surface area contributed by atoms with Crippen molar-refractivity contribution in [2.45, 2.75) is 376 Å². The van der Waals surface area contributed by atoms with E-state index in [-0.39, 0.29) is 30.0 Å². The van der Waals surface area contributed by atoms with Gasteiger partial charge in [-0.15, -0.1) is 13.2 Å². The molecule has 0 bridgehead atoms. The van der Waals surface area contributed by atoms with Crippen LogP contribution in [0.15, 0.2) is 195 Å². The second-order valence-corrected chi connectivity index (χ2v) is 53.7. The van der Waals surface area contributed by atoms with Gasteiger partial charge in [-0.1, -0.05) is 412 Å². The van der Waals surface area contributed by atoms with E-state index in [1.807, 2.05) is 38.4 Å². The van der Waals surface area contributed by atoms with Crippen LogP contribution in [0.3, 0.4) is 0 Å². The van der Waals surface area contributed by atoms with Gasteiger partial charge in [0, 0.05) is 19.6 Å². The average molecular weight is 1780 g/mol. The van der Waals surface area contributed by atoms with Crippen molar-refractivity contribution in [2.24, 2.45) is 54.1 Å². The van der Waals surface area contributed by atoms with Gasteiger partial charge in [0.05, 0.1) is 41.5 Å². The fourth-order valence-electron chi connectivity index (χ4n) is 9.47. The van der Waals surface area contributed by atoms with Gasteiger partial charge in [0.2, 0.25) is 0 Å². The molecule has 0 spiro atoms. The SMILES string of the molecule is C=CCn1c(=O)n(CC=C)c(=O)n(CCCC(C)(C)C)c1=O.CC(C)(C)C.CC(C)(C)C.CC(C)(C)C.CC(C)(C)C.CC(C)(C)C.CC(C)(C)C.CC(C)(C)c1ccccc1.CC(C)(C)c1ccccc1.CN(CCCC(C)(C)C)CCS(=O)(=O)c1ccccc1.CN(CCCC(C)(C)C)CCS(=O)(=O)c1ccccc1.COc1ccc(CC(C)(C)C)cc1. The lowest BCUT2D eigenvalue weighted by atomic mass is 9.87. The molecule has 0 radical (unpaired) electrons. The zero-order valence-corrected chi connectivity index (χ0v) is 91.2. The summed E-state index contributed by atoms with van der Waals surface area (Å²) >= 11 is 0. The Hall–Kier alpha value is -6.39. The molecular weight excluding hydrogens is 1580 g/mol. The van der Waals surface area contributed by atoms with E-state index in [1.54, 1.807) is 55.6 Å². The Kier molecular flexibility index (Phi) is 62.6. The third-order valence-corrected chi connectivity index (χ3v) is 18.5. The first-order chi connectivity index (χ1) is 55.9. The molecule has 15 heteroatoms. The summed E-state index contributed by atoms with van der Waals surface area (Å²) in [4.78, 5) is 41.9. The molecule has 0 fully saturated rings. The van der Waals surface area contributed by atoms with E-state index in [0.717, 1.165) is 71.1 Å². The highest BCUT2D eigenvalue weighted by Crippen LogP contribution is 2.27. The van der Waals surface area contributed by atoms with E-state index in [2.05, 4.69) is 387 Å². The van der Waals surface area contributed by atoms with Gasteiger partial charge in [-0.3, -0.25) is 0 Å². The molecule has 0 amide bonds. The molecule has 0 aliphatic heterocycles. The van der Waals surface area contributed by atoms with Crippen LogP contribution in [0.25, 0.3) is 0 Å². The molecular formula is C110H197N5O8S2. The minimum absolute atomic E-state index is 0.0777. The van der Waals surface area contributed by atoms with Crippen LogP contribution < -0.4 is 21.8 Å². The number of nitrogens with zero attached hydrogens (tertiary/aromatic N) is 5. The normalized spacial score (nSPS) is 12.0. The molecule has 0 saturated carbocycles. The molecule has 125 heavy (non-hydrogen) atoms. The summed E-state index contributed by atoms with van der Waals surface area (Å²) in [6.07, 6.45) is 10.1. The van der Waals surface area contributed by atoms with Crippen molar-refractivity contribution in [1.82, 2.24) is 23.5 Å². The summed E-state index contributed by atoms with van der Waals surface area (Å²) in [5.41, 5.74) is 7.14. The topological polar surface area (TPSA) is 150 Å². The quantitative estimate of drug-likeness (QED) is 0.0567. The fraction of sp³-hybridized carbons (Fsp3) is 0.664. The predicted molar refractivity (Wildman–Crippen MR) is 555 cm³/mol. The summed E-state index contributed by atoms with van der Waals surface area (Å²) in [5.74, 6) is 1.30. The zero-order chi connectivity index (χ0) is 99.5. The van der Waals surface area contributed by atoms with Gasteiger partial charge >= 0.3 is 17.1 Å². The third-order valence-electron chi connectivity index (χ3n) is 15.1. The largest absolute Gasteiger partial charge is 0.497 e. The predicted octanol–water partition coefficient (Wildman–Crippen LogP) is 29.4. The third kappa shape index (κ3) is 93.6. The lowest BCUT2D eigenvalue weighted by molar-refractivity contribution is 0.297. The number of allylic oxidation sites excluding steroid dienone is 2. The minimum atomic E-state index is -3.15. The maximum atomic E-state index is 12.4. The molecule has 0 saturated heterocycles. The van der Waals surface area contributed by atoms with Crippen molar-refractivity contribution >= 4 is 19.7 Å². The van der Waals surface area contributed by atoms with Crippen molar-refractivity contribution in [3.8, 4) is 5.75 Å². The van der Waals surface area contributed by atoms with Crippen molar-refractivity contribution in [3.05, 3.63) is 219 Å². The Morgan fingerprint density at radius 3 is 0.760 bits per heavy atom. The molecule has 1 aromatic heterocycles. The van der Waals surface area contributed by atoms with Crippen LogP contribution in [0.5, 0.6) is 5.75 Å². The van der Waals surface area contributed by atoms with Gasteiger partial charge in [0.25, 0.3) is 0 Å². The highest BCUT2D eigenvalue weighted by molar-refractivity contribution is 7.91. The number of aromatic nitrogens is 3. The molecule has 6 aromatic rings. The summed E-state index contributed by atoms with van der Waals surface area (Å²) in [7, 11) is -0.629. The van der Waals surface area contributed by atoms with E-state index in [1.165, 1.54) is 28.8 Å². The number of ether oxygens (including phenoxy) is 1. The van der Waals surface area contributed by atoms with Gasteiger partial charge in [-0.2, -0.15) is 0 Å². The van der Waals surface area contributed by atoms with Gasteiger partial charge < -0.3 is 14.5 Å². The fourth-order valence-corrected chi connectivity index (χ4v) is 12.2. The minimum Gasteiger partial charge on any atom is -0.497 e. The van der Waals surface area contributed by atoms with E-state index in [0.29, 0.717) is 95.4 Å². The summed E-state index contributed by atoms with van der Waals surface area (Å²) < 4.78 is 56.8. The highest BCUT2D eigenvalue weighted by Gasteiger charge is 2.21. The van der Waals surface area contributed by atoms with E-state index in [4.69, 9.17) is 4.74 Å². The van der Waals surface area contributed by atoms with Crippen molar-refractivity contribution < 1.29 is 21.6 Å². The molecule has 0 aliphatic rings. The molecule has 0 aliphatic carbocycles. The summed E-state index contributed by atoms with van der Waals surface area (Å²) in [6.45, 7) is 103. The van der Waals surface area contributed by atoms with E-state index >= 15 is 0 Å². The van der Waals surface area contributed by atoms with Crippen molar-refractivity contribution in [3.63, 3.8) is 0 Å². The molecule has 0 unspecified atom stereocenters. The highest BCUT2D eigenvalue weighted by atomic mass is 32.2. The summed E-state index contributed by atoms with van der Waals surface area (Å²) in [5, 5.41) is 0. The van der Waals surface area contributed by atoms with Crippen LogP contribution in [0.4, 0.5) is 0 Å². The number of rotatable bonds is 23. The lowest BCUT2D eigenvalue weighted by Crippen LogP contribution is -2.54. The standard InChI is InChI=1S/C16H25N3O3.2C16H27NO2S.C12H18O.2C10H14.6C5H12/c1-6-10-17-13(20)18(11-7-2)15(22)19(14(17)21)12-8-9-16(3,4)5;2*1-16(2,3)11-8-12-17(4)13-14-20(18,19)15-9-6-5-7-10-15;1-12(2,3)9-10-5-7-11(13-4)8-6-10;2*1-10(2,3)9-7-5-4-6-8-9;6*1-5(2,3)4/h6-7H,1-2,8-12H2,3-5H3;2*5-7,9-10H,8,11-14H2,1-4H3;5-8H,9H2,1-4H3;2*4-8H,1-3H3;6*1-4H3. The smallest absolute Gasteiger partial charge is 0.336 e.